The molecule has 0 aliphatic carbocycles. The van der Waals surface area contributed by atoms with E-state index in [9.17, 15) is 0 Å². The fraction of sp³-hybridized carbons (Fsp3) is 0.0588. The smallest absolute Gasteiger partial charge is 0.0665 e. The largest absolute Gasteiger partial charge is 0.0840 e. The maximum Gasteiger partial charge on any atom is 0.0665 e. The van der Waals surface area contributed by atoms with Crippen LogP contribution in [0.3, 0.4) is 0 Å². The summed E-state index contributed by atoms with van der Waals surface area (Å²) in [4.78, 5) is 0.00432. The molecule has 0 aliphatic heterocycles. The molecule has 0 saturated heterocycles. The minimum absolute atomic E-state index is 0.00432. The standard InChI is InChI=1S/C17H10Br2Cl2/c18-10-5-7-16(21)14(9-10)17(19)13-6-8-15(20)12-4-2-1-3-11(12)13/h1-9,17H. The molecular formula is C17H10Br2Cl2. The van der Waals surface area contributed by atoms with Crippen LogP contribution >= 0.6 is 55.1 Å². The average Bonchev–Trinajstić information content (AvgIpc) is 2.50. The number of fused-ring (bicyclic) bond motifs is 1. The van der Waals surface area contributed by atoms with Crippen LogP contribution in [0.15, 0.2) is 59.1 Å². The molecule has 1 unspecified atom stereocenters. The number of rotatable bonds is 2. The molecule has 0 spiro atoms. The third-order valence-corrected chi connectivity index (χ3v) is 5.56. The Hall–Kier alpha value is -0.540. The van der Waals surface area contributed by atoms with E-state index in [1.165, 1.54) is 0 Å². The van der Waals surface area contributed by atoms with Crippen LogP contribution < -0.4 is 0 Å². The molecule has 0 saturated carbocycles. The second-order valence-corrected chi connectivity index (χ2v) is 7.36. The van der Waals surface area contributed by atoms with Gasteiger partial charge in [0.1, 0.15) is 0 Å². The van der Waals surface area contributed by atoms with Gasteiger partial charge >= 0.3 is 0 Å². The molecule has 4 heteroatoms. The number of benzene rings is 3. The van der Waals surface area contributed by atoms with Gasteiger partial charge in [0, 0.05) is 19.9 Å². The summed E-state index contributed by atoms with van der Waals surface area (Å²) in [5.41, 5.74) is 2.17. The van der Waals surface area contributed by atoms with E-state index in [1.54, 1.807) is 0 Å². The summed E-state index contributed by atoms with van der Waals surface area (Å²) in [5.74, 6) is 0. The molecule has 0 bridgehead atoms. The number of hydrogen-bond acceptors (Lipinski definition) is 0. The topological polar surface area (TPSA) is 0 Å². The van der Waals surface area contributed by atoms with E-state index in [4.69, 9.17) is 23.2 Å². The third-order valence-electron chi connectivity index (χ3n) is 3.41. The Balaban J connectivity index is 2.20. The lowest BCUT2D eigenvalue weighted by atomic mass is 9.98. The number of alkyl halides is 1. The van der Waals surface area contributed by atoms with Crippen LogP contribution in [0.2, 0.25) is 10.0 Å². The molecule has 0 amide bonds. The maximum atomic E-state index is 6.35. The first-order valence-corrected chi connectivity index (χ1v) is 8.80. The number of halogens is 4. The average molecular weight is 445 g/mol. The van der Waals surface area contributed by atoms with Crippen molar-refractivity contribution in [2.24, 2.45) is 0 Å². The van der Waals surface area contributed by atoms with Crippen molar-refractivity contribution in [3.8, 4) is 0 Å². The Bertz CT molecular complexity index is 815. The van der Waals surface area contributed by atoms with E-state index in [0.29, 0.717) is 0 Å². The Morgan fingerprint density at radius 3 is 2.19 bits per heavy atom. The summed E-state index contributed by atoms with van der Waals surface area (Å²) in [7, 11) is 0. The highest BCUT2D eigenvalue weighted by Crippen LogP contribution is 2.40. The summed E-state index contributed by atoms with van der Waals surface area (Å²) in [6, 6.07) is 18.0. The zero-order chi connectivity index (χ0) is 15.0. The van der Waals surface area contributed by atoms with Crippen molar-refractivity contribution in [3.63, 3.8) is 0 Å². The van der Waals surface area contributed by atoms with E-state index < -0.39 is 0 Å². The molecule has 0 aromatic heterocycles. The molecule has 3 aromatic carbocycles. The molecule has 0 radical (unpaired) electrons. The van der Waals surface area contributed by atoms with Crippen LogP contribution in [-0.2, 0) is 0 Å². The van der Waals surface area contributed by atoms with Crippen LogP contribution in [0.25, 0.3) is 10.8 Å². The quantitative estimate of drug-likeness (QED) is 0.361. The lowest BCUT2D eigenvalue weighted by Gasteiger charge is -2.16. The highest BCUT2D eigenvalue weighted by atomic mass is 79.9. The van der Waals surface area contributed by atoms with Crippen molar-refractivity contribution in [2.45, 2.75) is 4.83 Å². The highest BCUT2D eigenvalue weighted by Gasteiger charge is 2.17. The molecule has 3 aromatic rings. The first kappa shape index (κ1) is 15.4. The minimum atomic E-state index is 0.00432. The monoisotopic (exact) mass is 442 g/mol. The van der Waals surface area contributed by atoms with Crippen molar-refractivity contribution < 1.29 is 0 Å². The van der Waals surface area contributed by atoms with Gasteiger partial charge in [0.15, 0.2) is 0 Å². The van der Waals surface area contributed by atoms with Gasteiger partial charge in [-0.05, 0) is 40.8 Å². The zero-order valence-electron chi connectivity index (χ0n) is 10.8. The van der Waals surface area contributed by atoms with Crippen molar-refractivity contribution >= 4 is 65.8 Å². The molecule has 0 heterocycles. The molecule has 0 aliphatic rings. The summed E-state index contributed by atoms with van der Waals surface area (Å²) >= 11 is 19.9. The van der Waals surface area contributed by atoms with Crippen molar-refractivity contribution in [1.29, 1.82) is 0 Å². The summed E-state index contributed by atoms with van der Waals surface area (Å²) in [5, 5.41) is 3.67. The van der Waals surface area contributed by atoms with Crippen LogP contribution in [0, 0.1) is 0 Å². The van der Waals surface area contributed by atoms with Crippen LogP contribution in [0.5, 0.6) is 0 Å². The molecule has 0 N–H and O–H groups in total. The van der Waals surface area contributed by atoms with E-state index in [1.807, 2.05) is 48.5 Å². The minimum Gasteiger partial charge on any atom is -0.0840 e. The SMILES string of the molecule is Clc1ccc(Br)cc1C(Br)c1ccc(Cl)c2ccccc12. The van der Waals surface area contributed by atoms with Gasteiger partial charge in [-0.25, -0.2) is 0 Å². The third kappa shape index (κ3) is 3.00. The van der Waals surface area contributed by atoms with E-state index in [0.717, 1.165) is 36.4 Å². The molecule has 0 fully saturated rings. The predicted molar refractivity (Wildman–Crippen MR) is 98.9 cm³/mol. The molecule has 106 valence electrons. The van der Waals surface area contributed by atoms with E-state index in [-0.39, 0.29) is 4.83 Å². The Labute approximate surface area is 150 Å². The Kier molecular flexibility index (Phi) is 4.60. The second kappa shape index (κ2) is 6.29. The van der Waals surface area contributed by atoms with Gasteiger partial charge in [-0.2, -0.15) is 0 Å². The normalized spacial score (nSPS) is 12.6. The van der Waals surface area contributed by atoms with Crippen molar-refractivity contribution in [2.75, 3.05) is 0 Å². The van der Waals surface area contributed by atoms with Gasteiger partial charge in [0.2, 0.25) is 0 Å². The predicted octanol–water partition coefficient (Wildman–Crippen LogP) is 7.39. The molecule has 21 heavy (non-hydrogen) atoms. The van der Waals surface area contributed by atoms with Crippen LogP contribution in [0.1, 0.15) is 16.0 Å². The molecular weight excluding hydrogens is 435 g/mol. The summed E-state index contributed by atoms with van der Waals surface area (Å²) in [6.07, 6.45) is 0. The van der Waals surface area contributed by atoms with Crippen LogP contribution in [-0.4, -0.2) is 0 Å². The van der Waals surface area contributed by atoms with Gasteiger partial charge in [0.05, 0.1) is 4.83 Å². The highest BCUT2D eigenvalue weighted by molar-refractivity contribution is 9.10. The maximum absolute atomic E-state index is 6.35. The van der Waals surface area contributed by atoms with E-state index in [2.05, 4.69) is 37.9 Å². The van der Waals surface area contributed by atoms with Gasteiger partial charge in [-0.3, -0.25) is 0 Å². The van der Waals surface area contributed by atoms with Gasteiger partial charge < -0.3 is 0 Å². The van der Waals surface area contributed by atoms with Gasteiger partial charge in [0.25, 0.3) is 0 Å². The Morgan fingerprint density at radius 1 is 0.762 bits per heavy atom. The molecule has 3 rings (SSSR count). The molecule has 1 atom stereocenters. The second-order valence-electron chi connectivity index (χ2n) is 4.71. The zero-order valence-corrected chi connectivity index (χ0v) is 15.5. The fourth-order valence-electron chi connectivity index (χ4n) is 2.38. The Morgan fingerprint density at radius 2 is 1.43 bits per heavy atom. The fourth-order valence-corrected chi connectivity index (χ4v) is 4.13. The van der Waals surface area contributed by atoms with Crippen molar-refractivity contribution in [1.82, 2.24) is 0 Å². The first-order valence-electron chi connectivity index (χ1n) is 6.34. The molecule has 0 nitrogen and oxygen atoms in total. The first-order chi connectivity index (χ1) is 10.1. The number of hydrogen-bond donors (Lipinski definition) is 0. The van der Waals surface area contributed by atoms with E-state index >= 15 is 0 Å². The lowest BCUT2D eigenvalue weighted by molar-refractivity contribution is 1.19. The summed E-state index contributed by atoms with van der Waals surface area (Å²) in [6.45, 7) is 0. The summed E-state index contributed by atoms with van der Waals surface area (Å²) < 4.78 is 1.00. The van der Waals surface area contributed by atoms with Gasteiger partial charge in [-0.1, -0.05) is 85.4 Å². The van der Waals surface area contributed by atoms with Crippen LogP contribution in [0.4, 0.5) is 0 Å². The van der Waals surface area contributed by atoms with Gasteiger partial charge in [-0.15, -0.1) is 0 Å². The van der Waals surface area contributed by atoms with Crippen molar-refractivity contribution in [3.05, 3.63) is 80.2 Å². The lowest BCUT2D eigenvalue weighted by Crippen LogP contribution is -1.96.